The quantitative estimate of drug-likeness (QED) is 0.518. The molecular weight excluding hydrogens is 425 g/mol. The first kappa shape index (κ1) is 20.4. The number of amides is 1. The number of rotatable bonds is 7. The van der Waals surface area contributed by atoms with E-state index in [9.17, 15) is 9.18 Å². The molecule has 152 valence electrons. The maximum absolute atomic E-state index is 14.2. The normalized spacial score (nSPS) is 13.1. The summed E-state index contributed by atoms with van der Waals surface area (Å²) in [5.41, 5.74) is 1.33. The topological polar surface area (TPSA) is 83.6 Å². The van der Waals surface area contributed by atoms with Crippen LogP contribution in [0, 0.1) is 17.1 Å². The van der Waals surface area contributed by atoms with E-state index in [1.54, 1.807) is 36.4 Å². The fourth-order valence-electron chi connectivity index (χ4n) is 3.01. The number of benzene rings is 2. The molecule has 1 aromatic heterocycles. The van der Waals surface area contributed by atoms with Crippen molar-refractivity contribution >= 4 is 35.0 Å². The standard InChI is InChI=1S/C21H17ClFN5OS/c22-17-11-14(6-5-13(17)12-24)25-19(29)9-10-30-21-27-26-20(28(21)15-7-8-15)16-3-1-2-4-18(16)23/h1-6,11,15H,7-10H2,(H,25,29). The van der Waals surface area contributed by atoms with Crippen LogP contribution in [0.1, 0.15) is 30.9 Å². The van der Waals surface area contributed by atoms with E-state index in [0.717, 1.165) is 12.8 Å². The van der Waals surface area contributed by atoms with Gasteiger partial charge in [-0.05, 0) is 43.2 Å². The van der Waals surface area contributed by atoms with Crippen LogP contribution in [-0.2, 0) is 4.79 Å². The highest BCUT2D eigenvalue weighted by Gasteiger charge is 2.30. The van der Waals surface area contributed by atoms with E-state index in [1.807, 2.05) is 10.6 Å². The lowest BCUT2D eigenvalue weighted by Gasteiger charge is -2.09. The number of carbonyl (C=O) groups is 1. The van der Waals surface area contributed by atoms with Gasteiger partial charge in [-0.3, -0.25) is 9.36 Å². The summed E-state index contributed by atoms with van der Waals surface area (Å²) in [6, 6.07) is 13.5. The van der Waals surface area contributed by atoms with Gasteiger partial charge < -0.3 is 5.32 Å². The van der Waals surface area contributed by atoms with Crippen LogP contribution >= 0.6 is 23.4 Å². The minimum Gasteiger partial charge on any atom is -0.326 e. The number of aromatic nitrogens is 3. The van der Waals surface area contributed by atoms with Crippen LogP contribution in [0.25, 0.3) is 11.4 Å². The van der Waals surface area contributed by atoms with Crippen molar-refractivity contribution in [2.75, 3.05) is 11.1 Å². The number of hydrogen-bond donors (Lipinski definition) is 1. The van der Waals surface area contributed by atoms with Gasteiger partial charge in [-0.2, -0.15) is 5.26 Å². The predicted octanol–water partition coefficient (Wildman–Crippen LogP) is 5.07. The van der Waals surface area contributed by atoms with E-state index >= 15 is 0 Å². The third-order valence-corrected chi connectivity index (χ3v) is 5.88. The summed E-state index contributed by atoms with van der Waals surface area (Å²) in [5, 5.41) is 21.1. The second-order valence-corrected chi connectivity index (χ2v) is 8.31. The lowest BCUT2D eigenvalue weighted by atomic mass is 10.2. The van der Waals surface area contributed by atoms with E-state index in [0.29, 0.717) is 38.6 Å². The molecule has 4 rings (SSSR count). The molecule has 0 spiro atoms. The molecule has 1 fully saturated rings. The first-order chi connectivity index (χ1) is 14.6. The van der Waals surface area contributed by atoms with Crippen molar-refractivity contribution in [3.63, 3.8) is 0 Å². The second-order valence-electron chi connectivity index (χ2n) is 6.84. The average Bonchev–Trinajstić information content (AvgIpc) is 3.48. The van der Waals surface area contributed by atoms with E-state index in [4.69, 9.17) is 16.9 Å². The molecule has 1 aliphatic rings. The zero-order valence-electron chi connectivity index (χ0n) is 15.8. The number of nitrogens with one attached hydrogen (secondary N) is 1. The molecule has 9 heteroatoms. The summed E-state index contributed by atoms with van der Waals surface area (Å²) < 4.78 is 16.2. The van der Waals surface area contributed by atoms with Crippen molar-refractivity contribution in [2.24, 2.45) is 0 Å². The third kappa shape index (κ3) is 4.48. The molecule has 1 heterocycles. The summed E-state index contributed by atoms with van der Waals surface area (Å²) in [6.07, 6.45) is 2.27. The molecule has 0 radical (unpaired) electrons. The molecule has 3 aromatic rings. The van der Waals surface area contributed by atoms with Crippen LogP contribution in [0.5, 0.6) is 0 Å². The fraction of sp³-hybridized carbons (Fsp3) is 0.238. The molecule has 0 unspecified atom stereocenters. The lowest BCUT2D eigenvalue weighted by Crippen LogP contribution is -2.12. The van der Waals surface area contributed by atoms with Gasteiger partial charge in [-0.15, -0.1) is 10.2 Å². The van der Waals surface area contributed by atoms with Gasteiger partial charge in [-0.25, -0.2) is 4.39 Å². The Morgan fingerprint density at radius 3 is 2.80 bits per heavy atom. The number of nitriles is 1. The Morgan fingerprint density at radius 1 is 1.30 bits per heavy atom. The Kier molecular flexibility index (Phi) is 6.02. The van der Waals surface area contributed by atoms with Gasteiger partial charge in [0.15, 0.2) is 11.0 Å². The van der Waals surface area contributed by atoms with Gasteiger partial charge >= 0.3 is 0 Å². The summed E-state index contributed by atoms with van der Waals surface area (Å²) >= 11 is 7.41. The number of anilines is 1. The van der Waals surface area contributed by atoms with E-state index < -0.39 is 0 Å². The van der Waals surface area contributed by atoms with Crippen molar-refractivity contribution < 1.29 is 9.18 Å². The molecule has 1 saturated carbocycles. The van der Waals surface area contributed by atoms with Crippen molar-refractivity contribution in [3.05, 3.63) is 58.9 Å². The Bertz CT molecular complexity index is 1140. The van der Waals surface area contributed by atoms with Gasteiger partial charge in [0.1, 0.15) is 11.9 Å². The van der Waals surface area contributed by atoms with E-state index in [2.05, 4.69) is 15.5 Å². The highest BCUT2D eigenvalue weighted by molar-refractivity contribution is 7.99. The molecule has 6 nitrogen and oxygen atoms in total. The molecule has 30 heavy (non-hydrogen) atoms. The average molecular weight is 442 g/mol. The van der Waals surface area contributed by atoms with Crippen LogP contribution < -0.4 is 5.32 Å². The SMILES string of the molecule is N#Cc1ccc(NC(=O)CCSc2nnc(-c3ccccc3F)n2C2CC2)cc1Cl. The summed E-state index contributed by atoms with van der Waals surface area (Å²) in [5.74, 6) is 0.520. The number of carbonyl (C=O) groups excluding carboxylic acids is 1. The Hall–Kier alpha value is -2.89. The van der Waals surface area contributed by atoms with E-state index in [-0.39, 0.29) is 24.2 Å². The first-order valence-corrected chi connectivity index (χ1v) is 10.8. The summed E-state index contributed by atoms with van der Waals surface area (Å²) in [6.45, 7) is 0. The predicted molar refractivity (Wildman–Crippen MR) is 114 cm³/mol. The maximum atomic E-state index is 14.2. The summed E-state index contributed by atoms with van der Waals surface area (Å²) in [4.78, 5) is 12.2. The molecule has 0 bridgehead atoms. The van der Waals surface area contributed by atoms with Crippen LogP contribution in [0.2, 0.25) is 5.02 Å². The van der Waals surface area contributed by atoms with Crippen LogP contribution in [0.4, 0.5) is 10.1 Å². The van der Waals surface area contributed by atoms with Crippen molar-refractivity contribution in [3.8, 4) is 17.5 Å². The molecule has 1 aliphatic carbocycles. The molecule has 0 atom stereocenters. The van der Waals surface area contributed by atoms with Gasteiger partial charge in [-0.1, -0.05) is 35.5 Å². The zero-order chi connectivity index (χ0) is 21.1. The molecule has 0 aliphatic heterocycles. The highest BCUT2D eigenvalue weighted by Crippen LogP contribution is 2.41. The number of thioether (sulfide) groups is 1. The van der Waals surface area contributed by atoms with Gasteiger partial charge in [0.05, 0.1) is 16.1 Å². The van der Waals surface area contributed by atoms with Crippen LogP contribution in [0.15, 0.2) is 47.6 Å². The molecular formula is C21H17ClFN5OS. The maximum Gasteiger partial charge on any atom is 0.225 e. The lowest BCUT2D eigenvalue weighted by molar-refractivity contribution is -0.115. The third-order valence-electron chi connectivity index (χ3n) is 4.62. The van der Waals surface area contributed by atoms with Gasteiger partial charge in [0, 0.05) is 23.9 Å². The molecule has 2 aromatic carbocycles. The first-order valence-electron chi connectivity index (χ1n) is 9.39. The fourth-order valence-corrected chi connectivity index (χ4v) is 4.17. The van der Waals surface area contributed by atoms with Crippen LogP contribution in [-0.4, -0.2) is 26.4 Å². The number of nitrogens with zero attached hydrogens (tertiary/aromatic N) is 4. The van der Waals surface area contributed by atoms with Crippen molar-refractivity contribution in [1.82, 2.24) is 14.8 Å². The Labute approximate surface area is 182 Å². The molecule has 1 N–H and O–H groups in total. The zero-order valence-corrected chi connectivity index (χ0v) is 17.4. The van der Waals surface area contributed by atoms with E-state index in [1.165, 1.54) is 17.8 Å². The second kappa shape index (κ2) is 8.86. The number of halogens is 2. The highest BCUT2D eigenvalue weighted by atomic mass is 35.5. The minimum atomic E-state index is -0.330. The molecule has 1 amide bonds. The Morgan fingerprint density at radius 2 is 2.10 bits per heavy atom. The Balaban J connectivity index is 1.40. The van der Waals surface area contributed by atoms with Crippen molar-refractivity contribution in [1.29, 1.82) is 5.26 Å². The monoisotopic (exact) mass is 441 g/mol. The molecule has 0 saturated heterocycles. The minimum absolute atomic E-state index is 0.171. The largest absolute Gasteiger partial charge is 0.326 e. The van der Waals surface area contributed by atoms with Crippen LogP contribution in [0.3, 0.4) is 0 Å². The van der Waals surface area contributed by atoms with Crippen molar-refractivity contribution in [2.45, 2.75) is 30.5 Å². The van der Waals surface area contributed by atoms with Gasteiger partial charge in [0.2, 0.25) is 5.91 Å². The summed E-state index contributed by atoms with van der Waals surface area (Å²) in [7, 11) is 0. The van der Waals surface area contributed by atoms with Gasteiger partial charge in [0.25, 0.3) is 0 Å². The number of hydrogen-bond acceptors (Lipinski definition) is 5. The smallest absolute Gasteiger partial charge is 0.225 e.